The van der Waals surface area contributed by atoms with Gasteiger partial charge in [0, 0.05) is 13.1 Å². The molecule has 17 heavy (non-hydrogen) atoms. The number of hydrogen-bond acceptors (Lipinski definition) is 7. The summed E-state index contributed by atoms with van der Waals surface area (Å²) in [6.07, 6.45) is 1.44. The third kappa shape index (κ3) is 2.16. The van der Waals surface area contributed by atoms with Crippen LogP contribution in [0.4, 0.5) is 11.6 Å². The number of hydrazine groups is 1. The van der Waals surface area contributed by atoms with Crippen LogP contribution in [0.3, 0.4) is 0 Å². The minimum atomic E-state index is -0.576. The second kappa shape index (κ2) is 4.34. The van der Waals surface area contributed by atoms with Crippen molar-refractivity contribution in [2.75, 3.05) is 17.8 Å². The summed E-state index contributed by atoms with van der Waals surface area (Å²) in [7, 11) is 1.46. The topological polar surface area (TPSA) is 113 Å². The molecule has 0 saturated carbocycles. The Morgan fingerprint density at radius 3 is 2.71 bits per heavy atom. The van der Waals surface area contributed by atoms with Gasteiger partial charge in [0.25, 0.3) is 5.91 Å². The van der Waals surface area contributed by atoms with Gasteiger partial charge in [-0.3, -0.25) is 14.5 Å². The molecule has 0 spiro atoms. The van der Waals surface area contributed by atoms with Crippen LogP contribution in [-0.4, -0.2) is 39.8 Å². The van der Waals surface area contributed by atoms with E-state index in [9.17, 15) is 9.59 Å². The molecule has 2 amide bonds. The van der Waals surface area contributed by atoms with E-state index in [-0.39, 0.29) is 18.2 Å². The van der Waals surface area contributed by atoms with Gasteiger partial charge in [0.2, 0.25) is 5.91 Å². The Morgan fingerprint density at radius 1 is 1.41 bits per heavy atom. The molecule has 2 rings (SSSR count). The number of anilines is 2. The van der Waals surface area contributed by atoms with E-state index >= 15 is 0 Å². The number of likely N-dealkylation sites (N-methyl/N-ethyl adjacent to an activating group) is 1. The molecular weight excluding hydrogens is 224 g/mol. The predicted molar refractivity (Wildman–Crippen MR) is 59.6 cm³/mol. The van der Waals surface area contributed by atoms with Crippen molar-refractivity contribution in [3.05, 3.63) is 12.4 Å². The highest BCUT2D eigenvalue weighted by molar-refractivity contribution is 6.06. The number of rotatable bonds is 3. The van der Waals surface area contributed by atoms with Gasteiger partial charge in [0.05, 0.1) is 6.42 Å². The van der Waals surface area contributed by atoms with E-state index < -0.39 is 6.04 Å². The van der Waals surface area contributed by atoms with Crippen LogP contribution in [-0.2, 0) is 9.59 Å². The molecule has 1 aliphatic rings. The Labute approximate surface area is 97.2 Å². The van der Waals surface area contributed by atoms with Crippen LogP contribution in [0.5, 0.6) is 0 Å². The highest BCUT2D eigenvalue weighted by Crippen LogP contribution is 2.16. The summed E-state index contributed by atoms with van der Waals surface area (Å²) in [6.45, 7) is 0. The average Bonchev–Trinajstić information content (AvgIpc) is 2.57. The molecule has 1 fully saturated rings. The Balaban J connectivity index is 2.11. The fraction of sp³-hybridized carbons (Fsp3) is 0.333. The second-order valence-electron chi connectivity index (χ2n) is 3.62. The van der Waals surface area contributed by atoms with Crippen molar-refractivity contribution in [2.45, 2.75) is 12.5 Å². The van der Waals surface area contributed by atoms with E-state index in [1.807, 2.05) is 0 Å². The Hall–Kier alpha value is -2.22. The molecule has 0 bridgehead atoms. The van der Waals surface area contributed by atoms with E-state index in [4.69, 9.17) is 5.84 Å². The molecule has 0 radical (unpaired) electrons. The number of nitrogens with two attached hydrogens (primary N) is 1. The van der Waals surface area contributed by atoms with Gasteiger partial charge in [-0.15, -0.1) is 0 Å². The molecule has 8 nitrogen and oxygen atoms in total. The summed E-state index contributed by atoms with van der Waals surface area (Å²) >= 11 is 0. The van der Waals surface area contributed by atoms with Crippen LogP contribution in [0.15, 0.2) is 12.4 Å². The number of nitrogen functional groups attached to an aromatic ring is 1. The number of aromatic nitrogens is 2. The minimum absolute atomic E-state index is 0.130. The molecular formula is C9H12N6O2. The molecule has 1 saturated heterocycles. The van der Waals surface area contributed by atoms with Gasteiger partial charge in [0.15, 0.2) is 0 Å². The fourth-order valence-corrected chi connectivity index (χ4v) is 1.56. The van der Waals surface area contributed by atoms with Crippen LogP contribution in [0, 0.1) is 0 Å². The maximum atomic E-state index is 11.6. The zero-order valence-corrected chi connectivity index (χ0v) is 9.17. The summed E-state index contributed by atoms with van der Waals surface area (Å²) in [5, 5.41) is 2.87. The van der Waals surface area contributed by atoms with Crippen LogP contribution >= 0.6 is 0 Å². The summed E-state index contributed by atoms with van der Waals surface area (Å²) in [5.41, 5.74) is 2.37. The lowest BCUT2D eigenvalue weighted by Gasteiger charge is -2.11. The maximum Gasteiger partial charge on any atom is 0.251 e. The molecule has 90 valence electrons. The lowest BCUT2D eigenvalue weighted by Crippen LogP contribution is -2.32. The van der Waals surface area contributed by atoms with Crippen molar-refractivity contribution < 1.29 is 9.59 Å². The molecule has 4 N–H and O–H groups in total. The molecule has 1 aromatic rings. The van der Waals surface area contributed by atoms with E-state index in [1.54, 1.807) is 6.07 Å². The highest BCUT2D eigenvalue weighted by atomic mass is 16.2. The summed E-state index contributed by atoms with van der Waals surface area (Å²) in [6, 6.07) is 0.976. The molecule has 1 atom stereocenters. The lowest BCUT2D eigenvalue weighted by molar-refractivity contribution is -0.136. The van der Waals surface area contributed by atoms with Crippen molar-refractivity contribution in [1.29, 1.82) is 0 Å². The van der Waals surface area contributed by atoms with Gasteiger partial charge in [-0.1, -0.05) is 0 Å². The van der Waals surface area contributed by atoms with Gasteiger partial charge in [-0.05, 0) is 0 Å². The van der Waals surface area contributed by atoms with E-state index in [1.165, 1.54) is 13.4 Å². The fourth-order valence-electron chi connectivity index (χ4n) is 1.56. The summed E-state index contributed by atoms with van der Waals surface area (Å²) < 4.78 is 0. The summed E-state index contributed by atoms with van der Waals surface area (Å²) in [4.78, 5) is 31.8. The second-order valence-corrected chi connectivity index (χ2v) is 3.62. The van der Waals surface area contributed by atoms with Crippen LogP contribution in [0.1, 0.15) is 6.42 Å². The van der Waals surface area contributed by atoms with Crippen molar-refractivity contribution in [2.24, 2.45) is 5.84 Å². The molecule has 0 aromatic carbocycles. The number of hydrogen-bond donors (Lipinski definition) is 3. The van der Waals surface area contributed by atoms with Gasteiger partial charge in [-0.25, -0.2) is 15.8 Å². The first-order valence-electron chi connectivity index (χ1n) is 4.97. The van der Waals surface area contributed by atoms with Crippen molar-refractivity contribution in [1.82, 2.24) is 14.9 Å². The SMILES string of the molecule is CN1C(=O)CC(Nc2cc(NN)ncn2)C1=O. The number of amides is 2. The monoisotopic (exact) mass is 236 g/mol. The average molecular weight is 236 g/mol. The maximum absolute atomic E-state index is 11.6. The number of nitrogens with zero attached hydrogens (tertiary/aromatic N) is 3. The van der Waals surface area contributed by atoms with Gasteiger partial charge in [-0.2, -0.15) is 0 Å². The minimum Gasteiger partial charge on any atom is -0.358 e. The van der Waals surface area contributed by atoms with Crippen molar-refractivity contribution in [3.8, 4) is 0 Å². The van der Waals surface area contributed by atoms with Crippen LogP contribution < -0.4 is 16.6 Å². The molecule has 8 heteroatoms. The van der Waals surface area contributed by atoms with Gasteiger partial charge < -0.3 is 10.7 Å². The van der Waals surface area contributed by atoms with Crippen molar-refractivity contribution >= 4 is 23.5 Å². The standard InChI is InChI=1S/C9H12N6O2/c1-15-8(16)2-5(9(15)17)13-6-3-7(14-10)12-4-11-6/h3-5H,2,10H2,1H3,(H2,11,12,13,14). The largest absolute Gasteiger partial charge is 0.358 e. The Kier molecular flexibility index (Phi) is 2.88. The number of carbonyl (C=O) groups excluding carboxylic acids is 2. The number of imide groups is 1. The highest BCUT2D eigenvalue weighted by Gasteiger charge is 2.36. The van der Waals surface area contributed by atoms with E-state index in [0.717, 1.165) is 4.90 Å². The molecule has 1 aliphatic heterocycles. The lowest BCUT2D eigenvalue weighted by atomic mass is 10.2. The number of nitrogens with one attached hydrogen (secondary N) is 2. The number of carbonyl (C=O) groups is 2. The van der Waals surface area contributed by atoms with Crippen molar-refractivity contribution in [3.63, 3.8) is 0 Å². The van der Waals surface area contributed by atoms with Gasteiger partial charge in [0.1, 0.15) is 24.0 Å². The first-order chi connectivity index (χ1) is 8.11. The molecule has 1 unspecified atom stereocenters. The zero-order valence-electron chi connectivity index (χ0n) is 9.17. The normalized spacial score (nSPS) is 19.6. The summed E-state index contributed by atoms with van der Waals surface area (Å²) in [5.74, 6) is 5.59. The van der Waals surface area contributed by atoms with Gasteiger partial charge >= 0.3 is 0 Å². The first-order valence-corrected chi connectivity index (χ1v) is 4.97. The first kappa shape index (κ1) is 11.3. The quantitative estimate of drug-likeness (QED) is 0.348. The Morgan fingerprint density at radius 2 is 2.12 bits per heavy atom. The number of likely N-dealkylation sites (tertiary alicyclic amines) is 1. The van der Waals surface area contributed by atoms with E-state index in [0.29, 0.717) is 11.6 Å². The molecule has 2 heterocycles. The third-order valence-corrected chi connectivity index (χ3v) is 2.52. The Bertz CT molecular complexity index is 463. The molecule has 0 aliphatic carbocycles. The predicted octanol–water partition coefficient (Wildman–Crippen LogP) is -1.07. The van der Waals surface area contributed by atoms with Crippen LogP contribution in [0.25, 0.3) is 0 Å². The third-order valence-electron chi connectivity index (χ3n) is 2.52. The smallest absolute Gasteiger partial charge is 0.251 e. The van der Waals surface area contributed by atoms with E-state index in [2.05, 4.69) is 20.7 Å². The zero-order chi connectivity index (χ0) is 12.4. The molecule has 1 aromatic heterocycles. The van der Waals surface area contributed by atoms with Crippen LogP contribution in [0.2, 0.25) is 0 Å².